The molecular formula is C12H16N2O3. The number of carbonyl (C=O) groups is 2. The average molecular weight is 236 g/mol. The summed E-state index contributed by atoms with van der Waals surface area (Å²) < 4.78 is 5.17. The molecule has 1 rings (SSSR count). The predicted molar refractivity (Wildman–Crippen MR) is 63.5 cm³/mol. The zero-order chi connectivity index (χ0) is 12.8. The number of primary amides is 1. The Morgan fingerprint density at radius 3 is 2.59 bits per heavy atom. The SMILES string of the molecule is COc1ccccc1C[C@H](NC(C)=O)C(N)=O. The van der Waals surface area contributed by atoms with Crippen molar-refractivity contribution in [3.8, 4) is 5.75 Å². The van der Waals surface area contributed by atoms with E-state index in [9.17, 15) is 9.59 Å². The van der Waals surface area contributed by atoms with E-state index in [0.717, 1.165) is 5.56 Å². The molecule has 17 heavy (non-hydrogen) atoms. The van der Waals surface area contributed by atoms with Gasteiger partial charge in [-0.05, 0) is 11.6 Å². The number of benzene rings is 1. The number of hydrogen-bond acceptors (Lipinski definition) is 3. The molecule has 0 bridgehead atoms. The van der Waals surface area contributed by atoms with Crippen LogP contribution in [0, 0.1) is 0 Å². The van der Waals surface area contributed by atoms with Gasteiger partial charge in [-0.1, -0.05) is 18.2 Å². The smallest absolute Gasteiger partial charge is 0.240 e. The second kappa shape index (κ2) is 5.89. The molecule has 0 radical (unpaired) electrons. The van der Waals surface area contributed by atoms with Crippen LogP contribution in [0.5, 0.6) is 5.75 Å². The van der Waals surface area contributed by atoms with Crippen LogP contribution in [0.3, 0.4) is 0 Å². The molecule has 3 N–H and O–H groups in total. The first-order chi connectivity index (χ1) is 8.04. The van der Waals surface area contributed by atoms with Crippen LogP contribution in [0.1, 0.15) is 12.5 Å². The maximum atomic E-state index is 11.2. The van der Waals surface area contributed by atoms with Crippen molar-refractivity contribution in [2.24, 2.45) is 5.73 Å². The van der Waals surface area contributed by atoms with Crippen molar-refractivity contribution in [3.05, 3.63) is 29.8 Å². The van der Waals surface area contributed by atoms with Gasteiger partial charge in [0.2, 0.25) is 11.8 Å². The van der Waals surface area contributed by atoms with Gasteiger partial charge in [0.05, 0.1) is 7.11 Å². The van der Waals surface area contributed by atoms with Crippen LogP contribution < -0.4 is 15.8 Å². The van der Waals surface area contributed by atoms with E-state index in [1.165, 1.54) is 6.92 Å². The number of methoxy groups -OCH3 is 1. The summed E-state index contributed by atoms with van der Waals surface area (Å²) >= 11 is 0. The van der Waals surface area contributed by atoms with Gasteiger partial charge < -0.3 is 15.8 Å². The van der Waals surface area contributed by atoms with Gasteiger partial charge in [0.25, 0.3) is 0 Å². The average Bonchev–Trinajstić information content (AvgIpc) is 2.28. The molecule has 0 aromatic heterocycles. The van der Waals surface area contributed by atoms with Crippen molar-refractivity contribution in [1.82, 2.24) is 5.32 Å². The predicted octanol–water partition coefficient (Wildman–Crippen LogP) is 0.228. The number of ether oxygens (including phenoxy) is 1. The first kappa shape index (κ1) is 13.0. The van der Waals surface area contributed by atoms with E-state index in [4.69, 9.17) is 10.5 Å². The minimum atomic E-state index is -0.719. The lowest BCUT2D eigenvalue weighted by molar-refractivity contribution is -0.126. The number of amides is 2. The largest absolute Gasteiger partial charge is 0.496 e. The lowest BCUT2D eigenvalue weighted by Crippen LogP contribution is -2.45. The number of nitrogens with one attached hydrogen (secondary N) is 1. The van der Waals surface area contributed by atoms with Gasteiger partial charge in [0.1, 0.15) is 11.8 Å². The van der Waals surface area contributed by atoms with Crippen molar-refractivity contribution < 1.29 is 14.3 Å². The summed E-state index contributed by atoms with van der Waals surface area (Å²) in [6.07, 6.45) is 0.318. The third-order valence-corrected chi connectivity index (χ3v) is 2.34. The maximum absolute atomic E-state index is 11.2. The van der Waals surface area contributed by atoms with Gasteiger partial charge >= 0.3 is 0 Å². The number of nitrogens with two attached hydrogens (primary N) is 1. The Balaban J connectivity index is 2.85. The third-order valence-electron chi connectivity index (χ3n) is 2.34. The fourth-order valence-electron chi connectivity index (χ4n) is 1.56. The lowest BCUT2D eigenvalue weighted by atomic mass is 10.0. The molecule has 0 unspecified atom stereocenters. The second-order valence-corrected chi connectivity index (χ2v) is 3.67. The fourth-order valence-corrected chi connectivity index (χ4v) is 1.56. The molecule has 0 aliphatic heterocycles. The second-order valence-electron chi connectivity index (χ2n) is 3.67. The summed E-state index contributed by atoms with van der Waals surface area (Å²) in [5, 5.41) is 2.51. The van der Waals surface area contributed by atoms with E-state index in [-0.39, 0.29) is 5.91 Å². The van der Waals surface area contributed by atoms with Gasteiger partial charge in [-0.2, -0.15) is 0 Å². The molecule has 0 saturated heterocycles. The molecule has 0 saturated carbocycles. The molecule has 1 atom stereocenters. The van der Waals surface area contributed by atoms with E-state index in [1.807, 2.05) is 18.2 Å². The lowest BCUT2D eigenvalue weighted by Gasteiger charge is -2.16. The molecule has 1 aromatic rings. The summed E-state index contributed by atoms with van der Waals surface area (Å²) in [6, 6.07) is 6.57. The fraction of sp³-hybridized carbons (Fsp3) is 0.333. The van der Waals surface area contributed by atoms with E-state index in [0.29, 0.717) is 12.2 Å². The molecule has 5 nitrogen and oxygen atoms in total. The normalized spacial score (nSPS) is 11.6. The zero-order valence-corrected chi connectivity index (χ0v) is 9.90. The summed E-state index contributed by atoms with van der Waals surface area (Å²) in [5.74, 6) is -0.182. The number of para-hydroxylation sites is 1. The standard InChI is InChI=1S/C12H16N2O3/c1-8(15)14-10(12(13)16)7-9-5-3-4-6-11(9)17-2/h3-6,10H,7H2,1-2H3,(H2,13,16)(H,14,15)/t10-/m0/s1. The number of rotatable bonds is 5. The first-order valence-corrected chi connectivity index (χ1v) is 5.23. The topological polar surface area (TPSA) is 81.4 Å². The van der Waals surface area contributed by atoms with Gasteiger partial charge in [-0.3, -0.25) is 9.59 Å². The number of hydrogen-bond donors (Lipinski definition) is 2. The molecule has 1 aromatic carbocycles. The van der Waals surface area contributed by atoms with E-state index in [1.54, 1.807) is 13.2 Å². The van der Waals surface area contributed by atoms with Gasteiger partial charge in [0, 0.05) is 13.3 Å². The Bertz CT molecular complexity index is 418. The third kappa shape index (κ3) is 3.79. The van der Waals surface area contributed by atoms with Crippen molar-refractivity contribution in [2.45, 2.75) is 19.4 Å². The summed E-state index contributed by atoms with van der Waals surface area (Å²) in [7, 11) is 1.55. The van der Waals surface area contributed by atoms with Crippen LogP contribution >= 0.6 is 0 Å². The van der Waals surface area contributed by atoms with Crippen LogP contribution in [0.4, 0.5) is 0 Å². The van der Waals surface area contributed by atoms with E-state index < -0.39 is 11.9 Å². The van der Waals surface area contributed by atoms with Gasteiger partial charge in [-0.15, -0.1) is 0 Å². The molecule has 92 valence electrons. The van der Waals surface area contributed by atoms with Crippen molar-refractivity contribution in [2.75, 3.05) is 7.11 Å². The maximum Gasteiger partial charge on any atom is 0.240 e. The Hall–Kier alpha value is -2.04. The molecule has 5 heteroatoms. The molecule has 0 aliphatic rings. The summed E-state index contributed by atoms with van der Waals surface area (Å²) in [4.78, 5) is 22.2. The molecule has 0 aliphatic carbocycles. The first-order valence-electron chi connectivity index (χ1n) is 5.23. The Kier molecular flexibility index (Phi) is 4.51. The van der Waals surface area contributed by atoms with E-state index >= 15 is 0 Å². The van der Waals surface area contributed by atoms with Crippen molar-refractivity contribution in [1.29, 1.82) is 0 Å². The molecular weight excluding hydrogens is 220 g/mol. The molecule has 0 heterocycles. The Morgan fingerprint density at radius 2 is 2.06 bits per heavy atom. The summed E-state index contributed by atoms with van der Waals surface area (Å²) in [6.45, 7) is 1.35. The molecule has 0 fully saturated rings. The quantitative estimate of drug-likeness (QED) is 0.767. The highest BCUT2D eigenvalue weighted by atomic mass is 16.5. The Morgan fingerprint density at radius 1 is 1.41 bits per heavy atom. The van der Waals surface area contributed by atoms with Crippen molar-refractivity contribution in [3.63, 3.8) is 0 Å². The van der Waals surface area contributed by atoms with Crippen LogP contribution in [0.2, 0.25) is 0 Å². The monoisotopic (exact) mass is 236 g/mol. The minimum Gasteiger partial charge on any atom is -0.496 e. The molecule has 0 spiro atoms. The van der Waals surface area contributed by atoms with Crippen LogP contribution in [0.15, 0.2) is 24.3 Å². The highest BCUT2D eigenvalue weighted by molar-refractivity contribution is 5.85. The van der Waals surface area contributed by atoms with E-state index in [2.05, 4.69) is 5.32 Å². The van der Waals surface area contributed by atoms with Crippen LogP contribution in [0.25, 0.3) is 0 Å². The number of carbonyl (C=O) groups excluding carboxylic acids is 2. The zero-order valence-electron chi connectivity index (χ0n) is 9.90. The van der Waals surface area contributed by atoms with Crippen LogP contribution in [-0.4, -0.2) is 25.0 Å². The van der Waals surface area contributed by atoms with Crippen LogP contribution in [-0.2, 0) is 16.0 Å². The minimum absolute atomic E-state index is 0.288. The molecule has 2 amide bonds. The van der Waals surface area contributed by atoms with Crippen molar-refractivity contribution >= 4 is 11.8 Å². The Labute approximate surface area is 99.9 Å². The highest BCUT2D eigenvalue weighted by Crippen LogP contribution is 2.18. The van der Waals surface area contributed by atoms with Gasteiger partial charge in [0.15, 0.2) is 0 Å². The highest BCUT2D eigenvalue weighted by Gasteiger charge is 2.18. The van der Waals surface area contributed by atoms with Gasteiger partial charge in [-0.25, -0.2) is 0 Å². The summed E-state index contributed by atoms with van der Waals surface area (Å²) in [5.41, 5.74) is 6.06.